The summed E-state index contributed by atoms with van der Waals surface area (Å²) in [5.74, 6) is 0.349. The first-order chi connectivity index (χ1) is 6.09. The fraction of sp³-hybridized carbons (Fsp3) is 0. The summed E-state index contributed by atoms with van der Waals surface area (Å²) in [7, 11) is 0. The first kappa shape index (κ1) is 3.48. The summed E-state index contributed by atoms with van der Waals surface area (Å²) < 4.78 is 22.5. The van der Waals surface area contributed by atoms with Crippen molar-refractivity contribution in [1.82, 2.24) is 15.0 Å². The Morgan fingerprint density at radius 2 is 2.50 bits per heavy atom. The molecule has 0 atom stereocenters. The zero-order valence-electron chi connectivity index (χ0n) is 7.77. The molecule has 2 rings (SSSR count). The fourth-order valence-electron chi connectivity index (χ4n) is 0.678. The largest absolute Gasteiger partial charge is 0.331 e. The molecule has 10 heavy (non-hydrogen) atoms. The Balaban J connectivity index is 2.85. The van der Waals surface area contributed by atoms with E-state index in [-0.39, 0.29) is 18.6 Å². The van der Waals surface area contributed by atoms with Gasteiger partial charge in [-0.1, -0.05) is 0 Å². The van der Waals surface area contributed by atoms with Gasteiger partial charge in [0, 0.05) is 16.8 Å². The van der Waals surface area contributed by atoms with Crippen LogP contribution >= 0.6 is 15.9 Å². The molecule has 0 saturated carbocycles. The van der Waals surface area contributed by atoms with Gasteiger partial charge in [-0.2, -0.15) is 0 Å². The molecule has 3 nitrogen and oxygen atoms in total. The topological polar surface area (TPSA) is 41.6 Å². The van der Waals surface area contributed by atoms with E-state index in [0.29, 0.717) is 15.9 Å². The summed E-state index contributed by atoms with van der Waals surface area (Å²) in [6.07, 6.45) is -0.119. The minimum absolute atomic E-state index is 0.0448. The van der Waals surface area contributed by atoms with Gasteiger partial charge in [-0.25, -0.2) is 9.97 Å². The van der Waals surface area contributed by atoms with Crippen molar-refractivity contribution < 1.29 is 4.11 Å². The molecule has 0 radical (unpaired) electrons. The number of nitrogens with zero attached hydrogens (tertiary/aromatic N) is 2. The van der Waals surface area contributed by atoms with Crippen molar-refractivity contribution in [3.63, 3.8) is 0 Å². The third kappa shape index (κ3) is 0.724. The van der Waals surface area contributed by atoms with Crippen molar-refractivity contribution in [1.29, 1.82) is 0 Å². The van der Waals surface area contributed by atoms with Crippen LogP contribution in [-0.4, -0.2) is 15.0 Å². The highest BCUT2D eigenvalue weighted by atomic mass is 79.9. The van der Waals surface area contributed by atoms with Crippen LogP contribution in [0, 0.1) is 0 Å². The van der Waals surface area contributed by atoms with Gasteiger partial charge in [0.1, 0.15) is 7.20 Å². The molecule has 4 heteroatoms. The molecule has 2 aliphatic rings. The number of aromatic amines is 1. The summed E-state index contributed by atoms with van der Waals surface area (Å²) >= 11 is 3.13. The second-order valence-electron chi connectivity index (χ2n) is 1.72. The fourth-order valence-corrected chi connectivity index (χ4v) is 1.04. The highest BCUT2D eigenvalue weighted by Crippen LogP contribution is 2.25. The highest BCUT2D eigenvalue weighted by molar-refractivity contribution is 9.10. The lowest BCUT2D eigenvalue weighted by atomic mass is 10.3. The van der Waals surface area contributed by atoms with Crippen LogP contribution in [0.3, 0.4) is 0 Å². The van der Waals surface area contributed by atoms with E-state index in [1.807, 2.05) is 0 Å². The van der Waals surface area contributed by atoms with Gasteiger partial charge in [0.15, 0.2) is 0 Å². The Morgan fingerprint density at radius 1 is 1.60 bits per heavy atom. The second kappa shape index (κ2) is 2.05. The van der Waals surface area contributed by atoms with Gasteiger partial charge in [-0.3, -0.25) is 0 Å². The molecule has 50 valence electrons. The normalized spacial score (nSPS) is 14.7. The second-order valence-corrected chi connectivity index (χ2v) is 2.51. The molecule has 0 saturated heterocycles. The van der Waals surface area contributed by atoms with Crippen molar-refractivity contribution in [2.24, 2.45) is 0 Å². The number of halogens is 1. The number of aromatic nitrogens is 3. The first-order valence-electron chi connectivity index (χ1n) is 4.08. The monoisotopic (exact) mass is 200 g/mol. The summed E-state index contributed by atoms with van der Waals surface area (Å²) in [5, 5.41) is 0. The molecule has 2 aliphatic heterocycles. The van der Waals surface area contributed by atoms with E-state index >= 15 is 0 Å². The Kier molecular flexibility index (Phi) is 0.715. The maximum Gasteiger partial charge on any atom is 0.141 e. The summed E-state index contributed by atoms with van der Waals surface area (Å²) in [5.41, 5.74) is 0.445. The maximum absolute atomic E-state index is 7.45. The molecule has 0 spiro atoms. The predicted octanol–water partition coefficient (Wildman–Crippen LogP) is 1.67. The average Bonchev–Trinajstić information content (AvgIpc) is 2.27. The van der Waals surface area contributed by atoms with E-state index in [1.54, 1.807) is 0 Å². The Morgan fingerprint density at radius 3 is 3.40 bits per heavy atom. The van der Waals surface area contributed by atoms with Gasteiger partial charge in [0.25, 0.3) is 0 Å². The third-order valence-electron chi connectivity index (χ3n) is 1.12. The summed E-state index contributed by atoms with van der Waals surface area (Å²) in [4.78, 5) is 9.99. The molecule has 0 unspecified atom stereocenters. The van der Waals surface area contributed by atoms with E-state index in [1.165, 1.54) is 0 Å². The van der Waals surface area contributed by atoms with Crippen LogP contribution in [0.15, 0.2) is 23.1 Å². The quantitative estimate of drug-likeness (QED) is 0.704. The standard InChI is InChI=1S/C6H4BrN3/c7-5-2-9-6-4(5)1-8-3-10-6/h1-3H,(H,8,9,10)/i1D,2D,3D. The lowest BCUT2D eigenvalue weighted by molar-refractivity contribution is 1.13. The number of nitrogens with one attached hydrogen (secondary N) is 1. The highest BCUT2D eigenvalue weighted by Gasteiger charge is 2.07. The van der Waals surface area contributed by atoms with Crippen molar-refractivity contribution in [3.05, 3.63) is 23.1 Å². The predicted molar refractivity (Wildman–Crippen MR) is 40.7 cm³/mol. The third-order valence-corrected chi connectivity index (χ3v) is 1.69. The van der Waals surface area contributed by atoms with Crippen LogP contribution < -0.4 is 0 Å². The van der Waals surface area contributed by atoms with E-state index in [2.05, 4.69) is 30.9 Å². The van der Waals surface area contributed by atoms with Gasteiger partial charge in [0.2, 0.25) is 0 Å². The van der Waals surface area contributed by atoms with Crippen LogP contribution in [0.5, 0.6) is 0 Å². The SMILES string of the molecule is [2H]c1nc([2H])c2c(Br)c([2H])nc-2[nH]1. The molecule has 0 aromatic heterocycles. The number of hydrogen-bond acceptors (Lipinski definition) is 2. The zero-order valence-corrected chi connectivity index (χ0v) is 6.36. The number of rotatable bonds is 0. The molecular formula is C6H4BrN3. The Bertz CT molecular complexity index is 441. The van der Waals surface area contributed by atoms with E-state index in [0.717, 1.165) is 0 Å². The van der Waals surface area contributed by atoms with Crippen LogP contribution in [0.1, 0.15) is 4.11 Å². The molecule has 2 heterocycles. The molecule has 0 aliphatic carbocycles. The summed E-state index contributed by atoms with van der Waals surface area (Å²) in [6, 6.07) is 0. The molecule has 0 aromatic rings. The molecule has 0 bridgehead atoms. The zero-order chi connectivity index (χ0) is 9.59. The van der Waals surface area contributed by atoms with Crippen LogP contribution in [0.25, 0.3) is 11.4 Å². The van der Waals surface area contributed by atoms with Crippen molar-refractivity contribution >= 4 is 15.9 Å². The minimum atomic E-state index is -0.123. The molecule has 0 amide bonds. The van der Waals surface area contributed by atoms with Crippen molar-refractivity contribution in [3.8, 4) is 11.4 Å². The lowest BCUT2D eigenvalue weighted by Crippen LogP contribution is -1.83. The van der Waals surface area contributed by atoms with Gasteiger partial charge < -0.3 is 4.98 Å². The van der Waals surface area contributed by atoms with Crippen molar-refractivity contribution in [2.45, 2.75) is 0 Å². The molecule has 0 fully saturated rings. The Labute approximate surface area is 70.2 Å². The van der Waals surface area contributed by atoms with Gasteiger partial charge in [-0.05, 0) is 15.9 Å². The summed E-state index contributed by atoms with van der Waals surface area (Å²) in [6.45, 7) is 0. The number of H-pyrrole nitrogens is 1. The average molecular weight is 201 g/mol. The number of hydrogen-bond donors (Lipinski definition) is 1. The van der Waals surface area contributed by atoms with E-state index in [9.17, 15) is 0 Å². The molecule has 0 aromatic carbocycles. The Hall–Kier alpha value is -0.900. The van der Waals surface area contributed by atoms with E-state index in [4.69, 9.17) is 4.11 Å². The van der Waals surface area contributed by atoms with Gasteiger partial charge >= 0.3 is 0 Å². The van der Waals surface area contributed by atoms with Gasteiger partial charge in [-0.15, -0.1) is 0 Å². The van der Waals surface area contributed by atoms with Crippen LogP contribution in [0.2, 0.25) is 0 Å². The van der Waals surface area contributed by atoms with Crippen molar-refractivity contribution in [2.75, 3.05) is 0 Å². The first-order valence-corrected chi connectivity index (χ1v) is 3.38. The van der Waals surface area contributed by atoms with Crippen LogP contribution in [0.4, 0.5) is 0 Å². The molecule has 1 N–H and O–H groups in total. The molecular weight excluding hydrogens is 194 g/mol. The lowest BCUT2D eigenvalue weighted by Gasteiger charge is -1.93. The smallest absolute Gasteiger partial charge is 0.141 e. The van der Waals surface area contributed by atoms with E-state index < -0.39 is 0 Å². The maximum atomic E-state index is 7.45. The number of fused-ring (bicyclic) bond motifs is 1. The minimum Gasteiger partial charge on any atom is -0.331 e. The van der Waals surface area contributed by atoms with Crippen LogP contribution in [-0.2, 0) is 0 Å². The van der Waals surface area contributed by atoms with Gasteiger partial charge in [0.05, 0.1) is 14.6 Å².